The van der Waals surface area contributed by atoms with E-state index >= 15 is 0 Å². The van der Waals surface area contributed by atoms with E-state index in [4.69, 9.17) is 18.9 Å². The van der Waals surface area contributed by atoms with Crippen LogP contribution in [0.4, 0.5) is 0 Å². The fraction of sp³-hybridized carbons (Fsp3) is 0.593. The molecule has 2 aliphatic heterocycles. The molecule has 1 aromatic carbocycles. The van der Waals surface area contributed by atoms with Gasteiger partial charge in [-0.15, -0.1) is 6.58 Å². The molecule has 1 aliphatic carbocycles. The van der Waals surface area contributed by atoms with Gasteiger partial charge in [-0.05, 0) is 31.4 Å². The molecule has 2 heterocycles. The molecule has 3 aliphatic rings. The Labute approximate surface area is 203 Å². The first-order valence-electron chi connectivity index (χ1n) is 12.5. The summed E-state index contributed by atoms with van der Waals surface area (Å²) in [6, 6.07) is 8.93. The fourth-order valence-electron chi connectivity index (χ4n) is 5.09. The van der Waals surface area contributed by atoms with E-state index in [9.17, 15) is 9.90 Å². The second kappa shape index (κ2) is 10.5. The lowest BCUT2D eigenvalue weighted by Gasteiger charge is -2.42. The molecular formula is C27H38O6Si. The van der Waals surface area contributed by atoms with Gasteiger partial charge in [0.2, 0.25) is 0 Å². The first-order valence-corrected chi connectivity index (χ1v) is 16.0. The number of benzene rings is 1. The molecule has 0 unspecified atom stereocenters. The van der Waals surface area contributed by atoms with Gasteiger partial charge in [0.05, 0.1) is 13.6 Å². The molecule has 186 valence electrons. The van der Waals surface area contributed by atoms with E-state index in [-0.39, 0.29) is 0 Å². The van der Waals surface area contributed by atoms with Crippen LogP contribution in [-0.2, 0) is 18.9 Å². The standard InChI is InChI=1S/C27H38O6Si/c1-5-12-21-23(31-26(29)19-13-8-6-9-14-19)25-24(32-27(33-25)16-10-7-11-17-27)22(30-21)20(28)15-18-34(2,3)4/h5-6,8-9,13-15,18,20-25,28H,1,7,10-12,16-17H2,2-4H3/b18-15+/t20-,21-,22-,23-,24+,25-/m0/s1. The zero-order chi connectivity index (χ0) is 24.3. The SMILES string of the molecule is C=CC[C@@H]1O[C@@H]([C@@H](O)/C=C/[Si](C)(C)C)[C@H]2OC3(CCCCC3)O[C@H]2[C@H]1OC(=O)c1ccccc1. The van der Waals surface area contributed by atoms with Crippen molar-refractivity contribution >= 4 is 14.0 Å². The number of aliphatic hydroxyl groups excluding tert-OH is 1. The van der Waals surface area contributed by atoms with Crippen molar-refractivity contribution in [1.82, 2.24) is 0 Å². The number of rotatable bonds is 7. The van der Waals surface area contributed by atoms with E-state index in [0.717, 1.165) is 32.1 Å². The fourth-order valence-corrected chi connectivity index (χ4v) is 5.87. The Kier molecular flexibility index (Phi) is 7.79. The minimum Gasteiger partial charge on any atom is -0.453 e. The third-order valence-electron chi connectivity index (χ3n) is 6.77. The van der Waals surface area contributed by atoms with Crippen LogP contribution in [0.5, 0.6) is 0 Å². The molecule has 0 amide bonds. The van der Waals surface area contributed by atoms with Gasteiger partial charge >= 0.3 is 5.97 Å². The predicted molar refractivity (Wildman–Crippen MR) is 133 cm³/mol. The van der Waals surface area contributed by atoms with E-state index in [1.165, 1.54) is 0 Å². The van der Waals surface area contributed by atoms with Gasteiger partial charge in [-0.25, -0.2) is 4.79 Å². The van der Waals surface area contributed by atoms with Crippen LogP contribution in [0.3, 0.4) is 0 Å². The summed E-state index contributed by atoms with van der Waals surface area (Å²) in [6.07, 6.45) is 5.15. The molecule has 2 saturated heterocycles. The summed E-state index contributed by atoms with van der Waals surface area (Å²) in [5, 5.41) is 11.1. The van der Waals surface area contributed by atoms with Gasteiger partial charge in [0, 0.05) is 12.8 Å². The maximum Gasteiger partial charge on any atom is 0.338 e. The normalized spacial score (nSPS) is 31.8. The maximum atomic E-state index is 13.0. The van der Waals surface area contributed by atoms with Gasteiger partial charge in [-0.1, -0.05) is 62.1 Å². The summed E-state index contributed by atoms with van der Waals surface area (Å²) < 4.78 is 25.6. The van der Waals surface area contributed by atoms with Crippen LogP contribution in [0.1, 0.15) is 48.9 Å². The highest BCUT2D eigenvalue weighted by Crippen LogP contribution is 2.46. The third kappa shape index (κ3) is 5.71. The summed E-state index contributed by atoms with van der Waals surface area (Å²) in [7, 11) is -1.51. The molecule has 4 rings (SSSR count). The smallest absolute Gasteiger partial charge is 0.338 e. The highest BCUT2D eigenvalue weighted by molar-refractivity contribution is 6.80. The van der Waals surface area contributed by atoms with Gasteiger partial charge < -0.3 is 24.1 Å². The first-order chi connectivity index (χ1) is 16.2. The Hall–Kier alpha value is -1.77. The number of esters is 1. The van der Waals surface area contributed by atoms with Gasteiger partial charge in [-0.2, -0.15) is 0 Å². The number of fused-ring (bicyclic) bond motifs is 1. The molecule has 6 nitrogen and oxygen atoms in total. The molecule has 1 saturated carbocycles. The minimum atomic E-state index is -1.51. The van der Waals surface area contributed by atoms with E-state index in [0.29, 0.717) is 12.0 Å². The molecule has 0 aromatic heterocycles. The largest absolute Gasteiger partial charge is 0.453 e. The van der Waals surface area contributed by atoms with E-state index in [1.54, 1.807) is 30.3 Å². The number of carbonyl (C=O) groups is 1. The average molecular weight is 487 g/mol. The van der Waals surface area contributed by atoms with Crippen LogP contribution in [0.2, 0.25) is 19.6 Å². The van der Waals surface area contributed by atoms with Gasteiger partial charge in [-0.3, -0.25) is 0 Å². The number of ether oxygens (including phenoxy) is 4. The van der Waals surface area contributed by atoms with Crippen LogP contribution in [0.25, 0.3) is 0 Å². The maximum absolute atomic E-state index is 13.0. The van der Waals surface area contributed by atoms with Crippen molar-refractivity contribution in [2.45, 2.75) is 101 Å². The Morgan fingerprint density at radius 3 is 2.50 bits per heavy atom. The zero-order valence-corrected chi connectivity index (χ0v) is 21.5. The molecule has 7 heteroatoms. The van der Waals surface area contributed by atoms with Crippen molar-refractivity contribution in [2.75, 3.05) is 0 Å². The molecular weight excluding hydrogens is 448 g/mol. The molecule has 0 bridgehead atoms. The number of hydrogen-bond donors (Lipinski definition) is 1. The molecule has 0 radical (unpaired) electrons. The molecule has 1 N–H and O–H groups in total. The zero-order valence-electron chi connectivity index (χ0n) is 20.5. The summed E-state index contributed by atoms with van der Waals surface area (Å²) in [6.45, 7) is 10.5. The minimum absolute atomic E-state index is 0.423. The van der Waals surface area contributed by atoms with Crippen molar-refractivity contribution in [3.05, 3.63) is 60.3 Å². The molecule has 6 atom stereocenters. The lowest BCUT2D eigenvalue weighted by Crippen LogP contribution is -2.60. The number of carbonyl (C=O) groups excluding carboxylic acids is 1. The van der Waals surface area contributed by atoms with Crippen LogP contribution < -0.4 is 0 Å². The van der Waals surface area contributed by atoms with Gasteiger partial charge in [0.15, 0.2) is 11.9 Å². The number of hydrogen-bond acceptors (Lipinski definition) is 6. The van der Waals surface area contributed by atoms with Crippen LogP contribution in [-0.4, -0.2) is 61.6 Å². The molecule has 34 heavy (non-hydrogen) atoms. The van der Waals surface area contributed by atoms with Crippen molar-refractivity contribution in [3.63, 3.8) is 0 Å². The second-order valence-corrected chi connectivity index (χ2v) is 15.8. The van der Waals surface area contributed by atoms with Gasteiger partial charge in [0.1, 0.15) is 30.5 Å². The Bertz CT molecular complexity index is 873. The monoisotopic (exact) mass is 486 g/mol. The summed E-state index contributed by atoms with van der Waals surface area (Å²) >= 11 is 0. The van der Waals surface area contributed by atoms with Gasteiger partial charge in [0.25, 0.3) is 0 Å². The van der Waals surface area contributed by atoms with Crippen molar-refractivity contribution in [3.8, 4) is 0 Å². The molecule has 3 fully saturated rings. The summed E-state index contributed by atoms with van der Waals surface area (Å²) in [5.41, 5.74) is 2.59. The Balaban J connectivity index is 1.63. The molecule has 1 spiro atoms. The summed E-state index contributed by atoms with van der Waals surface area (Å²) in [5.74, 6) is -1.13. The van der Waals surface area contributed by atoms with Crippen LogP contribution in [0, 0.1) is 0 Å². The summed E-state index contributed by atoms with van der Waals surface area (Å²) in [4.78, 5) is 13.0. The second-order valence-electron chi connectivity index (χ2n) is 10.8. The molecule has 1 aromatic rings. The number of aliphatic hydroxyl groups is 1. The predicted octanol–water partition coefficient (Wildman–Crippen LogP) is 4.79. The van der Waals surface area contributed by atoms with Crippen LogP contribution >= 0.6 is 0 Å². The van der Waals surface area contributed by atoms with Crippen molar-refractivity contribution in [2.24, 2.45) is 0 Å². The quantitative estimate of drug-likeness (QED) is 0.339. The van der Waals surface area contributed by atoms with E-state index in [1.807, 2.05) is 12.1 Å². The lowest BCUT2D eigenvalue weighted by atomic mass is 9.90. The van der Waals surface area contributed by atoms with Crippen molar-refractivity contribution in [1.29, 1.82) is 0 Å². The third-order valence-corrected chi connectivity index (χ3v) is 7.96. The Morgan fingerprint density at radius 1 is 1.18 bits per heavy atom. The Morgan fingerprint density at radius 2 is 1.85 bits per heavy atom. The van der Waals surface area contributed by atoms with E-state index < -0.39 is 56.5 Å². The lowest BCUT2D eigenvalue weighted by molar-refractivity contribution is -0.207. The van der Waals surface area contributed by atoms with E-state index in [2.05, 4.69) is 31.9 Å². The van der Waals surface area contributed by atoms with Crippen molar-refractivity contribution < 1.29 is 28.8 Å². The first kappa shape index (κ1) is 25.3. The average Bonchev–Trinajstić information content (AvgIpc) is 3.17. The highest BCUT2D eigenvalue weighted by atomic mass is 28.3. The topological polar surface area (TPSA) is 74.2 Å². The highest BCUT2D eigenvalue weighted by Gasteiger charge is 2.60. The van der Waals surface area contributed by atoms with Crippen LogP contribution in [0.15, 0.2) is 54.8 Å².